The van der Waals surface area contributed by atoms with Crippen LogP contribution in [0, 0.1) is 0 Å². The van der Waals surface area contributed by atoms with Gasteiger partial charge < -0.3 is 20.9 Å². The van der Waals surface area contributed by atoms with E-state index in [1.165, 1.54) is 6.33 Å². The first kappa shape index (κ1) is 18.5. The van der Waals surface area contributed by atoms with Crippen LogP contribution in [0.4, 0.5) is 11.8 Å². The van der Waals surface area contributed by atoms with E-state index in [1.807, 2.05) is 0 Å². The molecular formula is C15H21BN6O5P+. The van der Waals surface area contributed by atoms with Gasteiger partial charge in [0.2, 0.25) is 5.95 Å². The number of rotatable bonds is 3. The number of nitrogen functional groups attached to an aromatic ring is 1. The highest BCUT2D eigenvalue weighted by Gasteiger charge is 2.57. The van der Waals surface area contributed by atoms with Crippen LogP contribution in [-0.2, 0) is 13.8 Å². The minimum absolute atomic E-state index is 0.0220. The number of aliphatic hydroxyl groups is 1. The number of hydrogen-bond donors (Lipinski definition) is 4. The Morgan fingerprint density at radius 2 is 2.11 bits per heavy atom. The van der Waals surface area contributed by atoms with Crippen molar-refractivity contribution in [2.75, 3.05) is 17.7 Å². The number of hydrogen-bond acceptors (Lipinski definition) is 10. The first-order chi connectivity index (χ1) is 13.4. The molecule has 5 rings (SSSR count). The van der Waals surface area contributed by atoms with E-state index in [0.29, 0.717) is 17.1 Å². The van der Waals surface area contributed by atoms with Crippen molar-refractivity contribution in [1.29, 1.82) is 0 Å². The fraction of sp³-hybridized carbons (Fsp3) is 0.667. The SMILES string of the molecule is [B][P+]1(O)OC[C@H]2O[C@@H](n3c(NC4CCCC4)nc4c(N)ncnc43)[C@H](O)[C@@H]2O1. The monoisotopic (exact) mass is 407 g/mol. The van der Waals surface area contributed by atoms with Crippen LogP contribution in [0.15, 0.2) is 6.33 Å². The second kappa shape index (κ2) is 6.75. The van der Waals surface area contributed by atoms with Gasteiger partial charge in [-0.15, -0.1) is 0 Å². The van der Waals surface area contributed by atoms with Crippen LogP contribution in [0.2, 0.25) is 0 Å². The molecule has 5 atom stereocenters. The van der Waals surface area contributed by atoms with Gasteiger partial charge in [-0.05, 0) is 12.8 Å². The Bertz CT molecular complexity index is 893. The molecule has 2 aliphatic heterocycles. The molecule has 148 valence electrons. The molecule has 1 unspecified atom stereocenters. The van der Waals surface area contributed by atoms with E-state index in [-0.39, 0.29) is 18.5 Å². The number of nitrogens with one attached hydrogen (secondary N) is 1. The number of aliphatic hydroxyl groups excluding tert-OH is 1. The van der Waals surface area contributed by atoms with Crippen molar-refractivity contribution in [2.24, 2.45) is 0 Å². The van der Waals surface area contributed by atoms with Crippen molar-refractivity contribution >= 4 is 38.3 Å². The third-order valence-corrected chi connectivity index (χ3v) is 6.52. The van der Waals surface area contributed by atoms with E-state index >= 15 is 0 Å². The average molecular weight is 407 g/mol. The van der Waals surface area contributed by atoms with E-state index < -0.39 is 32.4 Å². The number of aromatic nitrogens is 4. The van der Waals surface area contributed by atoms with Gasteiger partial charge in [0.15, 0.2) is 29.3 Å². The molecule has 2 aromatic rings. The predicted octanol–water partition coefficient (Wildman–Crippen LogP) is 0.275. The largest absolute Gasteiger partial charge is 0.488 e. The molecule has 0 bridgehead atoms. The fourth-order valence-electron chi connectivity index (χ4n) is 4.10. The molecule has 28 heavy (non-hydrogen) atoms. The second-order valence-corrected chi connectivity index (χ2v) is 8.95. The van der Waals surface area contributed by atoms with Crippen LogP contribution in [-0.4, -0.2) is 68.0 Å². The van der Waals surface area contributed by atoms with Crippen LogP contribution < -0.4 is 11.1 Å². The van der Waals surface area contributed by atoms with Crippen molar-refractivity contribution in [3.63, 3.8) is 0 Å². The number of nitrogens with zero attached hydrogens (tertiary/aromatic N) is 4. The molecule has 3 aliphatic rings. The molecule has 3 fully saturated rings. The summed E-state index contributed by atoms with van der Waals surface area (Å²) in [7, 11) is 2.13. The quantitative estimate of drug-likeness (QED) is 0.413. The van der Waals surface area contributed by atoms with Crippen LogP contribution in [0.1, 0.15) is 31.9 Å². The number of fused-ring (bicyclic) bond motifs is 2. The van der Waals surface area contributed by atoms with E-state index in [0.717, 1.165) is 25.7 Å². The first-order valence-corrected chi connectivity index (χ1v) is 10.9. The summed E-state index contributed by atoms with van der Waals surface area (Å²) in [6.45, 7) is 0.0220. The van der Waals surface area contributed by atoms with Crippen LogP contribution in [0.3, 0.4) is 0 Å². The molecule has 1 saturated carbocycles. The Hall–Kier alpha value is -1.56. The maximum Gasteiger partial charge on any atom is 0.488 e. The van der Waals surface area contributed by atoms with Gasteiger partial charge in [-0.3, -0.25) is 4.57 Å². The van der Waals surface area contributed by atoms with E-state index in [4.69, 9.17) is 27.1 Å². The van der Waals surface area contributed by atoms with Gasteiger partial charge in [0, 0.05) is 6.04 Å². The zero-order valence-corrected chi connectivity index (χ0v) is 15.9. The minimum Gasteiger partial charge on any atom is -0.385 e. The maximum absolute atomic E-state index is 10.9. The maximum atomic E-state index is 10.9. The molecule has 11 nitrogen and oxygen atoms in total. The molecule has 13 heteroatoms. The summed E-state index contributed by atoms with van der Waals surface area (Å²) in [5.41, 5.74) is 6.85. The smallest absolute Gasteiger partial charge is 0.385 e. The second-order valence-electron chi connectivity index (χ2n) is 7.35. The van der Waals surface area contributed by atoms with Gasteiger partial charge in [0.1, 0.15) is 25.1 Å². The molecular weight excluding hydrogens is 386 g/mol. The topological polar surface area (TPSA) is 150 Å². The molecule has 2 saturated heterocycles. The highest BCUT2D eigenvalue weighted by atomic mass is 31.2. The van der Waals surface area contributed by atoms with Gasteiger partial charge in [-0.2, -0.15) is 9.05 Å². The lowest BCUT2D eigenvalue weighted by atomic mass is 10.1. The van der Waals surface area contributed by atoms with E-state index in [9.17, 15) is 10.00 Å². The third kappa shape index (κ3) is 3.04. The lowest BCUT2D eigenvalue weighted by Gasteiger charge is -2.27. The first-order valence-electron chi connectivity index (χ1n) is 9.25. The molecule has 0 spiro atoms. The summed E-state index contributed by atoms with van der Waals surface area (Å²) in [5.74, 6) is 0.737. The summed E-state index contributed by atoms with van der Waals surface area (Å²) in [6.07, 6.45) is 2.33. The molecule has 1 aliphatic carbocycles. The van der Waals surface area contributed by atoms with Crippen LogP contribution in [0.25, 0.3) is 11.2 Å². The summed E-state index contributed by atoms with van der Waals surface area (Å²) in [6, 6.07) is 0.269. The highest BCUT2D eigenvalue weighted by molar-refractivity contribution is 7.85. The zero-order chi connectivity index (χ0) is 19.5. The summed E-state index contributed by atoms with van der Waals surface area (Å²) < 4.78 is 18.2. The fourth-order valence-corrected chi connectivity index (χ4v) is 5.13. The number of imidazole rings is 1. The van der Waals surface area contributed by atoms with Crippen LogP contribution in [0.5, 0.6) is 0 Å². The number of anilines is 2. The third-order valence-electron chi connectivity index (χ3n) is 5.45. The molecule has 0 amide bonds. The summed E-state index contributed by atoms with van der Waals surface area (Å²) >= 11 is 0. The Labute approximate surface area is 162 Å². The normalized spacial score (nSPS) is 36.1. The van der Waals surface area contributed by atoms with Crippen molar-refractivity contribution < 1.29 is 23.8 Å². The zero-order valence-electron chi connectivity index (χ0n) is 15.0. The minimum atomic E-state index is -3.47. The van der Waals surface area contributed by atoms with Gasteiger partial charge >= 0.3 is 15.4 Å². The molecule has 5 N–H and O–H groups in total. The Morgan fingerprint density at radius 1 is 1.32 bits per heavy atom. The summed E-state index contributed by atoms with van der Waals surface area (Å²) in [5, 5.41) is 14.3. The van der Waals surface area contributed by atoms with Crippen molar-refractivity contribution in [2.45, 2.75) is 56.3 Å². The lowest BCUT2D eigenvalue weighted by molar-refractivity contribution is -0.0597. The molecule has 4 heterocycles. The molecule has 2 aromatic heterocycles. The number of ether oxygens (including phenoxy) is 1. The van der Waals surface area contributed by atoms with Crippen molar-refractivity contribution in [1.82, 2.24) is 19.5 Å². The Kier molecular flexibility index (Phi) is 4.46. The standard InChI is InChI=1S/C15H21BN6O5P/c16-28(24)25-5-8-11(27-28)10(23)14(26-8)22-13-9(12(17)18-6-19-13)21-15(22)20-7-3-1-2-4-7/h6-8,10-11,14,23-24H,1-5H2,(H,20,21)(H2,17,18,19)/q+1/t8-,10-,11-,14-,28?/m1/s1. The van der Waals surface area contributed by atoms with Crippen molar-refractivity contribution in [3.05, 3.63) is 6.33 Å². The summed E-state index contributed by atoms with van der Waals surface area (Å²) in [4.78, 5) is 22.8. The predicted molar refractivity (Wildman–Crippen MR) is 101 cm³/mol. The van der Waals surface area contributed by atoms with Gasteiger partial charge in [0.05, 0.1) is 0 Å². The highest BCUT2D eigenvalue weighted by Crippen LogP contribution is 2.58. The van der Waals surface area contributed by atoms with Gasteiger partial charge in [-0.25, -0.2) is 19.8 Å². The average Bonchev–Trinajstić information content (AvgIpc) is 3.35. The van der Waals surface area contributed by atoms with Crippen LogP contribution >= 0.6 is 7.82 Å². The van der Waals surface area contributed by atoms with Crippen molar-refractivity contribution in [3.8, 4) is 0 Å². The number of nitrogens with two attached hydrogens (primary N) is 1. The van der Waals surface area contributed by atoms with E-state index in [2.05, 4.69) is 20.3 Å². The molecule has 0 aromatic carbocycles. The molecule has 2 radical (unpaired) electrons. The van der Waals surface area contributed by atoms with E-state index in [1.54, 1.807) is 4.57 Å². The van der Waals surface area contributed by atoms with Gasteiger partial charge in [-0.1, -0.05) is 12.8 Å². The lowest BCUT2D eigenvalue weighted by Crippen LogP contribution is -2.40. The Balaban J connectivity index is 1.55. The van der Waals surface area contributed by atoms with Gasteiger partial charge in [0.25, 0.3) is 0 Å². The Morgan fingerprint density at radius 3 is 2.89 bits per heavy atom.